The highest BCUT2D eigenvalue weighted by Crippen LogP contribution is 2.02. The molecule has 4 heteroatoms. The number of hydrogen-bond donors (Lipinski definition) is 0. The van der Waals surface area contributed by atoms with Gasteiger partial charge in [-0.1, -0.05) is 0 Å². The quantitative estimate of drug-likeness (QED) is 0.624. The van der Waals surface area contributed by atoms with Crippen molar-refractivity contribution in [1.82, 2.24) is 19.5 Å². The molecule has 0 spiro atoms. The van der Waals surface area contributed by atoms with Gasteiger partial charge in [0.15, 0.2) is 0 Å². The predicted molar refractivity (Wildman–Crippen MR) is 43.9 cm³/mol. The molecule has 0 radical (unpaired) electrons. The molecular formula is C8H8N4. The van der Waals surface area contributed by atoms with Crippen molar-refractivity contribution in [2.24, 2.45) is 0 Å². The minimum atomic E-state index is 0.660. The van der Waals surface area contributed by atoms with Crippen molar-refractivity contribution in [3.8, 4) is 5.95 Å². The molecule has 0 amide bonds. The summed E-state index contributed by atoms with van der Waals surface area (Å²) in [6.45, 7) is 1.96. The number of aryl methyl sites for hydroxylation is 1. The lowest BCUT2D eigenvalue weighted by molar-refractivity contribution is 0.896. The summed E-state index contributed by atoms with van der Waals surface area (Å²) in [5.41, 5.74) is 1.03. The Balaban J connectivity index is 2.51. The van der Waals surface area contributed by atoms with E-state index in [1.807, 2.05) is 11.5 Å². The summed E-state index contributed by atoms with van der Waals surface area (Å²) in [5.74, 6) is 0.660. The first-order chi connectivity index (χ1) is 5.88. The summed E-state index contributed by atoms with van der Waals surface area (Å²) in [5, 5.41) is 0. The van der Waals surface area contributed by atoms with E-state index in [2.05, 4.69) is 15.0 Å². The largest absolute Gasteiger partial charge is 0.272 e. The number of rotatable bonds is 1. The van der Waals surface area contributed by atoms with E-state index < -0.39 is 0 Å². The van der Waals surface area contributed by atoms with E-state index in [-0.39, 0.29) is 0 Å². The maximum absolute atomic E-state index is 4.09. The van der Waals surface area contributed by atoms with Crippen LogP contribution in [0, 0.1) is 6.92 Å². The van der Waals surface area contributed by atoms with E-state index >= 15 is 0 Å². The minimum absolute atomic E-state index is 0.660. The zero-order valence-corrected chi connectivity index (χ0v) is 6.68. The summed E-state index contributed by atoms with van der Waals surface area (Å²) in [6, 6.07) is 1.79. The molecule has 2 heterocycles. The second-order valence-corrected chi connectivity index (χ2v) is 2.45. The Hall–Kier alpha value is -1.71. The van der Waals surface area contributed by atoms with Crippen molar-refractivity contribution in [2.75, 3.05) is 0 Å². The standard InChI is InChI=1S/C8H8N4/c1-7-5-9-6-12(7)8-10-3-2-4-11-8/h2-6H,1H3. The Bertz CT molecular complexity index is 366. The second-order valence-electron chi connectivity index (χ2n) is 2.45. The molecule has 12 heavy (non-hydrogen) atoms. The van der Waals surface area contributed by atoms with Crippen LogP contribution in [0.4, 0.5) is 0 Å². The Labute approximate surface area is 69.9 Å². The Morgan fingerprint density at radius 3 is 2.58 bits per heavy atom. The molecule has 0 N–H and O–H groups in total. The second kappa shape index (κ2) is 2.73. The normalized spacial score (nSPS) is 10.1. The molecule has 0 unspecified atom stereocenters. The monoisotopic (exact) mass is 160 g/mol. The van der Waals surface area contributed by atoms with Crippen molar-refractivity contribution in [3.63, 3.8) is 0 Å². The zero-order valence-electron chi connectivity index (χ0n) is 6.68. The van der Waals surface area contributed by atoms with Crippen LogP contribution >= 0.6 is 0 Å². The van der Waals surface area contributed by atoms with Gasteiger partial charge < -0.3 is 0 Å². The maximum Gasteiger partial charge on any atom is 0.235 e. The molecule has 2 rings (SSSR count). The van der Waals surface area contributed by atoms with E-state index in [1.165, 1.54) is 0 Å². The molecule has 0 aliphatic heterocycles. The van der Waals surface area contributed by atoms with Gasteiger partial charge in [0, 0.05) is 24.3 Å². The van der Waals surface area contributed by atoms with Crippen molar-refractivity contribution in [3.05, 3.63) is 36.7 Å². The average molecular weight is 160 g/mol. The van der Waals surface area contributed by atoms with E-state index in [0.29, 0.717) is 5.95 Å². The Kier molecular flexibility index (Phi) is 1.59. The Morgan fingerprint density at radius 1 is 1.25 bits per heavy atom. The predicted octanol–water partition coefficient (Wildman–Crippen LogP) is 0.971. The van der Waals surface area contributed by atoms with Crippen molar-refractivity contribution in [1.29, 1.82) is 0 Å². The molecule has 0 saturated heterocycles. The van der Waals surface area contributed by atoms with Gasteiger partial charge in [-0.05, 0) is 13.0 Å². The summed E-state index contributed by atoms with van der Waals surface area (Å²) in [7, 11) is 0. The summed E-state index contributed by atoms with van der Waals surface area (Å²) in [4.78, 5) is 12.2. The first kappa shape index (κ1) is 6.97. The third-order valence-corrected chi connectivity index (χ3v) is 1.59. The number of nitrogens with zero attached hydrogens (tertiary/aromatic N) is 4. The molecule has 0 aliphatic rings. The van der Waals surface area contributed by atoms with Crippen LogP contribution in [0.5, 0.6) is 0 Å². The van der Waals surface area contributed by atoms with Crippen LogP contribution in [0.25, 0.3) is 5.95 Å². The first-order valence-corrected chi connectivity index (χ1v) is 3.64. The maximum atomic E-state index is 4.09. The van der Waals surface area contributed by atoms with Crippen molar-refractivity contribution >= 4 is 0 Å². The average Bonchev–Trinajstić information content (AvgIpc) is 2.53. The van der Waals surface area contributed by atoms with Gasteiger partial charge in [0.2, 0.25) is 5.95 Å². The third kappa shape index (κ3) is 1.07. The van der Waals surface area contributed by atoms with Crippen molar-refractivity contribution in [2.45, 2.75) is 6.92 Å². The van der Waals surface area contributed by atoms with Crippen LogP contribution < -0.4 is 0 Å². The van der Waals surface area contributed by atoms with Gasteiger partial charge in [0.1, 0.15) is 6.33 Å². The lowest BCUT2D eigenvalue weighted by Crippen LogP contribution is -1.99. The zero-order chi connectivity index (χ0) is 8.39. The van der Waals surface area contributed by atoms with Gasteiger partial charge in [-0.2, -0.15) is 0 Å². The van der Waals surface area contributed by atoms with Gasteiger partial charge in [0.25, 0.3) is 0 Å². The van der Waals surface area contributed by atoms with Crippen LogP contribution in [-0.2, 0) is 0 Å². The highest BCUT2D eigenvalue weighted by atomic mass is 15.2. The molecular weight excluding hydrogens is 152 g/mol. The number of hydrogen-bond acceptors (Lipinski definition) is 3. The minimum Gasteiger partial charge on any atom is -0.272 e. The molecule has 0 aromatic carbocycles. The molecule has 4 nitrogen and oxygen atoms in total. The van der Waals surface area contributed by atoms with E-state index in [9.17, 15) is 0 Å². The van der Waals surface area contributed by atoms with Crippen LogP contribution in [0.3, 0.4) is 0 Å². The fourth-order valence-electron chi connectivity index (χ4n) is 0.986. The molecule has 0 saturated carbocycles. The van der Waals surface area contributed by atoms with E-state index in [1.54, 1.807) is 31.0 Å². The van der Waals surface area contributed by atoms with Crippen LogP contribution in [0.2, 0.25) is 0 Å². The molecule has 0 atom stereocenters. The number of imidazole rings is 1. The van der Waals surface area contributed by atoms with Crippen molar-refractivity contribution < 1.29 is 0 Å². The van der Waals surface area contributed by atoms with E-state index in [4.69, 9.17) is 0 Å². The van der Waals surface area contributed by atoms with Gasteiger partial charge in [-0.25, -0.2) is 15.0 Å². The summed E-state index contributed by atoms with van der Waals surface area (Å²) >= 11 is 0. The van der Waals surface area contributed by atoms with Crippen LogP contribution in [0.15, 0.2) is 31.0 Å². The lowest BCUT2D eigenvalue weighted by Gasteiger charge is -1.99. The van der Waals surface area contributed by atoms with Gasteiger partial charge in [-0.15, -0.1) is 0 Å². The highest BCUT2D eigenvalue weighted by Gasteiger charge is 1.99. The molecule has 0 fully saturated rings. The van der Waals surface area contributed by atoms with E-state index in [0.717, 1.165) is 5.69 Å². The smallest absolute Gasteiger partial charge is 0.235 e. The lowest BCUT2D eigenvalue weighted by atomic mass is 10.5. The molecule has 0 bridgehead atoms. The number of aromatic nitrogens is 4. The Morgan fingerprint density at radius 2 is 2.00 bits per heavy atom. The third-order valence-electron chi connectivity index (χ3n) is 1.59. The van der Waals surface area contributed by atoms with Crippen LogP contribution in [-0.4, -0.2) is 19.5 Å². The fourth-order valence-corrected chi connectivity index (χ4v) is 0.986. The first-order valence-electron chi connectivity index (χ1n) is 3.64. The SMILES string of the molecule is Cc1cncn1-c1ncccn1. The topological polar surface area (TPSA) is 43.6 Å². The van der Waals surface area contributed by atoms with Gasteiger partial charge >= 0.3 is 0 Å². The highest BCUT2D eigenvalue weighted by molar-refractivity contribution is 5.14. The molecule has 2 aromatic rings. The van der Waals surface area contributed by atoms with Crippen LogP contribution in [0.1, 0.15) is 5.69 Å². The molecule has 2 aromatic heterocycles. The summed E-state index contributed by atoms with van der Waals surface area (Å²) < 4.78 is 1.83. The summed E-state index contributed by atoms with van der Waals surface area (Å²) in [6.07, 6.45) is 6.89. The molecule has 0 aliphatic carbocycles. The van der Waals surface area contributed by atoms with Gasteiger partial charge in [-0.3, -0.25) is 4.57 Å². The van der Waals surface area contributed by atoms with Gasteiger partial charge in [0.05, 0.1) is 0 Å². The molecule has 60 valence electrons. The fraction of sp³-hybridized carbons (Fsp3) is 0.125.